The van der Waals surface area contributed by atoms with Crippen LogP contribution in [-0.2, 0) is 0 Å². The Morgan fingerprint density at radius 3 is 2.36 bits per heavy atom. The molecule has 0 aromatic rings. The van der Waals surface area contributed by atoms with E-state index in [1.807, 2.05) is 0 Å². The monoisotopic (exact) mass is 158 g/mol. The van der Waals surface area contributed by atoms with Gasteiger partial charge in [-0.2, -0.15) is 0 Å². The quantitative estimate of drug-likeness (QED) is 0.665. The normalized spacial score (nSPS) is 46.9. The Hall–Kier alpha value is -0.110. The van der Waals surface area contributed by atoms with Crippen molar-refractivity contribution in [2.45, 2.75) is 44.4 Å². The van der Waals surface area contributed by atoms with Crippen molar-refractivity contribution in [3.8, 4) is 0 Å². The first-order valence-electron chi connectivity index (χ1n) is 4.35. The van der Waals surface area contributed by atoms with Gasteiger partial charge in [-0.25, -0.2) is 4.39 Å². The number of hydrogen-bond donors (Lipinski definition) is 1. The first-order valence-corrected chi connectivity index (χ1v) is 4.35. The van der Waals surface area contributed by atoms with Crippen LogP contribution in [-0.4, -0.2) is 16.4 Å². The van der Waals surface area contributed by atoms with Crippen LogP contribution >= 0.6 is 0 Å². The number of hydrogen-bond acceptors (Lipinski definition) is 1. The van der Waals surface area contributed by atoms with Gasteiger partial charge in [0.1, 0.15) is 5.67 Å². The van der Waals surface area contributed by atoms with E-state index in [1.165, 1.54) is 6.42 Å². The third kappa shape index (κ3) is 1.18. The molecule has 0 radical (unpaired) electrons. The van der Waals surface area contributed by atoms with Crippen LogP contribution in [0.15, 0.2) is 0 Å². The van der Waals surface area contributed by atoms with Crippen molar-refractivity contribution in [1.82, 2.24) is 0 Å². The van der Waals surface area contributed by atoms with E-state index in [0.717, 1.165) is 0 Å². The van der Waals surface area contributed by atoms with Gasteiger partial charge >= 0.3 is 0 Å². The van der Waals surface area contributed by atoms with Crippen LogP contribution < -0.4 is 0 Å². The van der Waals surface area contributed by atoms with E-state index in [2.05, 4.69) is 0 Å². The highest BCUT2D eigenvalue weighted by atomic mass is 19.1. The summed E-state index contributed by atoms with van der Waals surface area (Å²) in [4.78, 5) is 0. The molecule has 11 heavy (non-hydrogen) atoms. The first-order chi connectivity index (χ1) is 4.93. The highest BCUT2D eigenvalue weighted by Gasteiger charge is 2.75. The SMILES string of the molecule is CC(C)(F)CCC1(O)C2CC21. The summed E-state index contributed by atoms with van der Waals surface area (Å²) in [6, 6.07) is 0. The fourth-order valence-electron chi connectivity index (χ4n) is 1.90. The molecule has 2 saturated carbocycles. The van der Waals surface area contributed by atoms with Gasteiger partial charge < -0.3 is 5.11 Å². The van der Waals surface area contributed by atoms with Crippen molar-refractivity contribution < 1.29 is 9.50 Å². The molecular weight excluding hydrogens is 143 g/mol. The lowest BCUT2D eigenvalue weighted by Gasteiger charge is -2.20. The van der Waals surface area contributed by atoms with Gasteiger partial charge in [-0.15, -0.1) is 0 Å². The van der Waals surface area contributed by atoms with E-state index in [-0.39, 0.29) is 0 Å². The zero-order valence-corrected chi connectivity index (χ0v) is 7.10. The fourth-order valence-corrected chi connectivity index (χ4v) is 1.90. The maximum atomic E-state index is 13.0. The molecule has 0 aromatic heterocycles. The molecule has 2 heteroatoms. The standard InChI is InChI=1S/C9H15FO/c1-8(2,10)3-4-9(11)6-5-7(6)9/h6-7,11H,3-5H2,1-2H3. The second-order valence-electron chi connectivity index (χ2n) is 4.66. The van der Waals surface area contributed by atoms with Crippen LogP contribution in [0.5, 0.6) is 0 Å². The number of rotatable bonds is 3. The van der Waals surface area contributed by atoms with Crippen LogP contribution in [0.2, 0.25) is 0 Å². The van der Waals surface area contributed by atoms with Gasteiger partial charge in [0.2, 0.25) is 0 Å². The lowest BCUT2D eigenvalue weighted by atomic mass is 9.96. The number of aliphatic hydroxyl groups is 1. The smallest absolute Gasteiger partial charge is 0.105 e. The van der Waals surface area contributed by atoms with E-state index < -0.39 is 11.3 Å². The summed E-state index contributed by atoms with van der Waals surface area (Å²) in [5.74, 6) is 1.09. The Labute approximate surface area is 66.6 Å². The highest BCUT2D eigenvalue weighted by molar-refractivity contribution is 5.25. The van der Waals surface area contributed by atoms with Crippen molar-refractivity contribution in [3.05, 3.63) is 0 Å². The van der Waals surface area contributed by atoms with Crippen LogP contribution in [0.25, 0.3) is 0 Å². The van der Waals surface area contributed by atoms with E-state index >= 15 is 0 Å². The molecule has 2 atom stereocenters. The zero-order valence-electron chi connectivity index (χ0n) is 7.10. The molecule has 2 fully saturated rings. The van der Waals surface area contributed by atoms with Gasteiger partial charge in [-0.05, 0) is 44.9 Å². The number of halogens is 1. The summed E-state index contributed by atoms with van der Waals surface area (Å²) in [6.45, 7) is 3.15. The Morgan fingerprint density at radius 1 is 1.55 bits per heavy atom. The van der Waals surface area contributed by atoms with E-state index in [9.17, 15) is 9.50 Å². The summed E-state index contributed by atoms with van der Waals surface area (Å²) in [5.41, 5.74) is -1.53. The van der Waals surface area contributed by atoms with Gasteiger partial charge in [0, 0.05) is 0 Å². The molecule has 0 bridgehead atoms. The lowest BCUT2D eigenvalue weighted by molar-refractivity contribution is 0.0578. The third-order valence-electron chi connectivity index (χ3n) is 3.09. The number of fused-ring (bicyclic) bond motifs is 1. The summed E-state index contributed by atoms with van der Waals surface area (Å²) in [7, 11) is 0. The van der Waals surface area contributed by atoms with Crippen LogP contribution in [0.3, 0.4) is 0 Å². The van der Waals surface area contributed by atoms with Gasteiger partial charge in [-0.3, -0.25) is 0 Å². The van der Waals surface area contributed by atoms with Crippen molar-refractivity contribution >= 4 is 0 Å². The molecule has 0 aliphatic heterocycles. The maximum Gasteiger partial charge on any atom is 0.105 e. The molecule has 0 heterocycles. The van der Waals surface area contributed by atoms with Crippen molar-refractivity contribution in [2.24, 2.45) is 11.8 Å². The van der Waals surface area contributed by atoms with Gasteiger partial charge in [-0.1, -0.05) is 0 Å². The molecule has 1 N–H and O–H groups in total. The Kier molecular flexibility index (Phi) is 1.23. The Balaban J connectivity index is 1.76. The molecule has 1 nitrogen and oxygen atoms in total. The maximum absolute atomic E-state index is 13.0. The minimum atomic E-state index is -1.11. The van der Waals surface area contributed by atoms with E-state index in [4.69, 9.17) is 0 Å². The lowest BCUT2D eigenvalue weighted by Crippen LogP contribution is -2.23. The number of alkyl halides is 1. The van der Waals surface area contributed by atoms with Crippen molar-refractivity contribution in [1.29, 1.82) is 0 Å². The van der Waals surface area contributed by atoms with Crippen molar-refractivity contribution in [3.63, 3.8) is 0 Å². The molecule has 0 spiro atoms. The van der Waals surface area contributed by atoms with Crippen molar-refractivity contribution in [2.75, 3.05) is 0 Å². The summed E-state index contributed by atoms with van der Waals surface area (Å²) < 4.78 is 13.0. The molecule has 2 unspecified atom stereocenters. The van der Waals surface area contributed by atoms with E-state index in [0.29, 0.717) is 24.7 Å². The first kappa shape index (κ1) is 7.53. The predicted molar refractivity (Wildman–Crippen MR) is 41.0 cm³/mol. The van der Waals surface area contributed by atoms with Crippen LogP contribution in [0.1, 0.15) is 33.1 Å². The van der Waals surface area contributed by atoms with Gasteiger partial charge in [0.25, 0.3) is 0 Å². The average Bonchev–Trinajstić information content (AvgIpc) is 2.66. The molecular formula is C9H15FO. The van der Waals surface area contributed by atoms with Crippen LogP contribution in [0.4, 0.5) is 4.39 Å². The average molecular weight is 158 g/mol. The summed E-state index contributed by atoms with van der Waals surface area (Å²) in [5, 5.41) is 9.64. The second kappa shape index (κ2) is 1.79. The van der Waals surface area contributed by atoms with Crippen LogP contribution in [0, 0.1) is 11.8 Å². The minimum Gasteiger partial charge on any atom is -0.389 e. The molecule has 0 saturated heterocycles. The molecule has 0 aromatic carbocycles. The topological polar surface area (TPSA) is 20.2 Å². The predicted octanol–water partition coefficient (Wildman–Crippen LogP) is 1.90. The molecule has 0 amide bonds. The summed E-state index contributed by atoms with van der Waals surface area (Å²) in [6.07, 6.45) is 2.34. The summed E-state index contributed by atoms with van der Waals surface area (Å²) >= 11 is 0. The fraction of sp³-hybridized carbons (Fsp3) is 1.00. The highest BCUT2D eigenvalue weighted by Crippen LogP contribution is 2.72. The molecule has 2 rings (SSSR count). The Bertz CT molecular complexity index is 174. The minimum absolute atomic E-state index is 0.427. The molecule has 2 aliphatic carbocycles. The second-order valence-corrected chi connectivity index (χ2v) is 4.66. The molecule has 64 valence electrons. The van der Waals surface area contributed by atoms with Gasteiger partial charge in [0.15, 0.2) is 0 Å². The van der Waals surface area contributed by atoms with E-state index in [1.54, 1.807) is 13.8 Å². The van der Waals surface area contributed by atoms with Gasteiger partial charge in [0.05, 0.1) is 5.60 Å². The largest absolute Gasteiger partial charge is 0.389 e. The third-order valence-corrected chi connectivity index (χ3v) is 3.09. The zero-order chi connectivity index (χ0) is 8.28. The Morgan fingerprint density at radius 2 is 2.09 bits per heavy atom. The molecule has 2 aliphatic rings.